The second-order valence-electron chi connectivity index (χ2n) is 12.3. The van der Waals surface area contributed by atoms with E-state index in [1.165, 1.54) is 0 Å². The van der Waals surface area contributed by atoms with Crippen LogP contribution < -0.4 is 0 Å². The van der Waals surface area contributed by atoms with Gasteiger partial charge in [0, 0.05) is 6.54 Å². The summed E-state index contributed by atoms with van der Waals surface area (Å²) in [6.07, 6.45) is -1.42. The maximum absolute atomic E-state index is 11.2. The summed E-state index contributed by atoms with van der Waals surface area (Å²) in [5.41, 5.74) is 5.43. The molecular formula is C42H45NO5. The Morgan fingerprint density at radius 2 is 0.771 bits per heavy atom. The zero-order chi connectivity index (χ0) is 32.8. The van der Waals surface area contributed by atoms with Crippen molar-refractivity contribution in [3.05, 3.63) is 179 Å². The molecule has 0 aliphatic carbocycles. The van der Waals surface area contributed by atoms with Crippen molar-refractivity contribution in [2.24, 2.45) is 0 Å². The molecule has 6 nitrogen and oxygen atoms in total. The minimum atomic E-state index is -0.493. The number of rotatable bonds is 16. The van der Waals surface area contributed by atoms with Crippen molar-refractivity contribution in [2.45, 2.75) is 63.4 Å². The molecular weight excluding hydrogens is 598 g/mol. The van der Waals surface area contributed by atoms with Gasteiger partial charge >= 0.3 is 0 Å². The summed E-state index contributed by atoms with van der Waals surface area (Å²) < 4.78 is 27.1. The van der Waals surface area contributed by atoms with Crippen LogP contribution in [0.2, 0.25) is 0 Å². The summed E-state index contributed by atoms with van der Waals surface area (Å²) in [6, 6.07) is 50.5. The molecule has 1 heterocycles. The fourth-order valence-corrected chi connectivity index (χ4v) is 6.45. The molecule has 0 spiro atoms. The van der Waals surface area contributed by atoms with Gasteiger partial charge in [0.25, 0.3) is 0 Å². The molecule has 0 bridgehead atoms. The van der Waals surface area contributed by atoms with Gasteiger partial charge in [0.1, 0.15) is 18.3 Å². The lowest BCUT2D eigenvalue weighted by atomic mass is 9.86. The standard InChI is InChI=1S/C42H45NO5/c44-27-38-40(46-29-35-20-10-3-11-21-35)42(48-31-37-24-14-5-15-25-37)41(47-30-36-22-12-4-13-23-36)39(32-45-28-34-18-8-2-9-19-34)43(38)26-33-16-6-1-7-17-33/h1-25,38-42,44H,26-32H2. The van der Waals surface area contributed by atoms with Gasteiger partial charge in [-0.05, 0) is 27.8 Å². The van der Waals surface area contributed by atoms with Crippen molar-refractivity contribution in [1.82, 2.24) is 4.90 Å². The molecule has 1 fully saturated rings. The third-order valence-corrected chi connectivity index (χ3v) is 8.91. The Kier molecular flexibility index (Phi) is 12.6. The van der Waals surface area contributed by atoms with Crippen LogP contribution in [0, 0.1) is 0 Å². The fourth-order valence-electron chi connectivity index (χ4n) is 6.45. The second-order valence-corrected chi connectivity index (χ2v) is 12.3. The monoisotopic (exact) mass is 643 g/mol. The van der Waals surface area contributed by atoms with Crippen LogP contribution in [0.1, 0.15) is 27.8 Å². The van der Waals surface area contributed by atoms with Crippen LogP contribution in [-0.4, -0.2) is 53.6 Å². The maximum atomic E-state index is 11.2. The Labute approximate surface area is 284 Å². The molecule has 5 atom stereocenters. The highest BCUT2D eigenvalue weighted by Gasteiger charge is 2.51. The Hall–Kier alpha value is -4.14. The van der Waals surface area contributed by atoms with E-state index in [1.54, 1.807) is 0 Å². The molecule has 248 valence electrons. The van der Waals surface area contributed by atoms with Gasteiger partial charge in [-0.15, -0.1) is 0 Å². The molecule has 0 saturated carbocycles. The van der Waals surface area contributed by atoms with Crippen molar-refractivity contribution < 1.29 is 24.1 Å². The third kappa shape index (κ3) is 9.26. The summed E-state index contributed by atoms with van der Waals surface area (Å²) in [5.74, 6) is 0. The lowest BCUT2D eigenvalue weighted by molar-refractivity contribution is -0.235. The first-order valence-corrected chi connectivity index (χ1v) is 16.8. The number of aliphatic hydroxyl groups is 1. The molecule has 5 unspecified atom stereocenters. The summed E-state index contributed by atoms with van der Waals surface area (Å²) in [7, 11) is 0. The molecule has 6 rings (SSSR count). The lowest BCUT2D eigenvalue weighted by Gasteiger charge is -2.52. The second kappa shape index (κ2) is 17.9. The van der Waals surface area contributed by atoms with E-state index in [-0.39, 0.29) is 18.7 Å². The number of benzene rings is 5. The van der Waals surface area contributed by atoms with E-state index in [2.05, 4.69) is 65.6 Å². The average molecular weight is 644 g/mol. The number of piperidine rings is 1. The van der Waals surface area contributed by atoms with Crippen molar-refractivity contribution in [1.29, 1.82) is 0 Å². The predicted molar refractivity (Wildman–Crippen MR) is 188 cm³/mol. The zero-order valence-corrected chi connectivity index (χ0v) is 27.3. The SMILES string of the molecule is OCC1C(OCc2ccccc2)C(OCc2ccccc2)C(OCc2ccccc2)C(COCc2ccccc2)N1Cc1ccccc1. The molecule has 0 aromatic heterocycles. The minimum Gasteiger partial charge on any atom is -0.395 e. The Morgan fingerprint density at radius 3 is 1.19 bits per heavy atom. The molecule has 1 saturated heterocycles. The van der Waals surface area contributed by atoms with Crippen molar-refractivity contribution >= 4 is 0 Å². The Bertz CT molecular complexity index is 1590. The van der Waals surface area contributed by atoms with Crippen LogP contribution >= 0.6 is 0 Å². The van der Waals surface area contributed by atoms with E-state index in [4.69, 9.17) is 18.9 Å². The van der Waals surface area contributed by atoms with E-state index in [9.17, 15) is 5.11 Å². The summed E-state index contributed by atoms with van der Waals surface area (Å²) in [5, 5.41) is 11.2. The van der Waals surface area contributed by atoms with Gasteiger partial charge in [-0.25, -0.2) is 0 Å². The number of hydrogen-bond donors (Lipinski definition) is 1. The van der Waals surface area contributed by atoms with Crippen LogP contribution in [0.4, 0.5) is 0 Å². The molecule has 1 N–H and O–H groups in total. The number of nitrogens with zero attached hydrogens (tertiary/aromatic N) is 1. The van der Waals surface area contributed by atoms with Crippen molar-refractivity contribution in [3.63, 3.8) is 0 Å². The third-order valence-electron chi connectivity index (χ3n) is 8.91. The summed E-state index contributed by atoms with van der Waals surface area (Å²) in [6.45, 7) is 2.50. The maximum Gasteiger partial charge on any atom is 0.113 e. The van der Waals surface area contributed by atoms with E-state index in [0.717, 1.165) is 27.8 Å². The highest BCUT2D eigenvalue weighted by molar-refractivity contribution is 5.19. The van der Waals surface area contributed by atoms with Crippen LogP contribution in [0.3, 0.4) is 0 Å². The molecule has 5 aromatic rings. The first-order valence-electron chi connectivity index (χ1n) is 16.8. The number of hydrogen-bond acceptors (Lipinski definition) is 6. The van der Waals surface area contributed by atoms with Gasteiger partial charge in [0.15, 0.2) is 0 Å². The van der Waals surface area contributed by atoms with Crippen LogP contribution in [-0.2, 0) is 51.9 Å². The van der Waals surface area contributed by atoms with Gasteiger partial charge in [-0.1, -0.05) is 152 Å². The topological polar surface area (TPSA) is 60.4 Å². The summed E-state index contributed by atoms with van der Waals surface area (Å²) >= 11 is 0. The van der Waals surface area contributed by atoms with Crippen molar-refractivity contribution in [2.75, 3.05) is 13.2 Å². The predicted octanol–water partition coefficient (Wildman–Crippen LogP) is 7.20. The number of likely N-dealkylation sites (tertiary alicyclic amines) is 1. The largest absolute Gasteiger partial charge is 0.395 e. The van der Waals surface area contributed by atoms with E-state index >= 15 is 0 Å². The van der Waals surface area contributed by atoms with Gasteiger partial charge in [0.05, 0.1) is 51.7 Å². The number of aliphatic hydroxyl groups excluding tert-OH is 1. The normalized spacial score (nSPS) is 21.2. The molecule has 6 heteroatoms. The first kappa shape index (κ1) is 33.7. The highest BCUT2D eigenvalue weighted by Crippen LogP contribution is 2.34. The first-order chi connectivity index (χ1) is 23.8. The van der Waals surface area contributed by atoms with Gasteiger partial charge < -0.3 is 24.1 Å². The van der Waals surface area contributed by atoms with E-state index in [0.29, 0.717) is 39.6 Å². The minimum absolute atomic E-state index is 0.113. The van der Waals surface area contributed by atoms with Crippen LogP contribution in [0.15, 0.2) is 152 Å². The van der Waals surface area contributed by atoms with Crippen LogP contribution in [0.5, 0.6) is 0 Å². The lowest BCUT2D eigenvalue weighted by Crippen LogP contribution is -2.69. The van der Waals surface area contributed by atoms with E-state index in [1.807, 2.05) is 91.0 Å². The van der Waals surface area contributed by atoms with Gasteiger partial charge in [-0.2, -0.15) is 0 Å². The molecule has 1 aliphatic heterocycles. The zero-order valence-electron chi connectivity index (χ0n) is 27.3. The van der Waals surface area contributed by atoms with Gasteiger partial charge in [-0.3, -0.25) is 4.90 Å². The molecule has 5 aromatic carbocycles. The van der Waals surface area contributed by atoms with Gasteiger partial charge in [0.2, 0.25) is 0 Å². The number of ether oxygens (including phenoxy) is 4. The fraction of sp³-hybridized carbons (Fsp3) is 0.286. The molecule has 0 amide bonds. The van der Waals surface area contributed by atoms with Crippen molar-refractivity contribution in [3.8, 4) is 0 Å². The smallest absolute Gasteiger partial charge is 0.113 e. The molecule has 0 radical (unpaired) electrons. The Morgan fingerprint density at radius 1 is 0.417 bits per heavy atom. The quantitative estimate of drug-likeness (QED) is 0.123. The Balaban J connectivity index is 1.37. The molecule has 1 aliphatic rings. The highest BCUT2D eigenvalue weighted by atomic mass is 16.6. The molecule has 48 heavy (non-hydrogen) atoms. The summed E-state index contributed by atoms with van der Waals surface area (Å²) in [4.78, 5) is 2.31. The van der Waals surface area contributed by atoms with E-state index < -0.39 is 18.3 Å². The van der Waals surface area contributed by atoms with Crippen LogP contribution in [0.25, 0.3) is 0 Å². The average Bonchev–Trinajstić information content (AvgIpc) is 3.15.